The van der Waals surface area contributed by atoms with Gasteiger partial charge < -0.3 is 9.47 Å². The first-order chi connectivity index (χ1) is 6.49. The molecule has 1 unspecified atom stereocenters. The van der Waals surface area contributed by atoms with Crippen LogP contribution in [-0.2, 0) is 9.47 Å². The Morgan fingerprint density at radius 1 is 1.14 bits per heavy atom. The summed E-state index contributed by atoms with van der Waals surface area (Å²) in [6, 6.07) is 0. The maximum Gasteiger partial charge on any atom is 0.163 e. The van der Waals surface area contributed by atoms with Gasteiger partial charge in [0.25, 0.3) is 0 Å². The Balaban J connectivity index is 2.10. The van der Waals surface area contributed by atoms with Gasteiger partial charge in [0.1, 0.15) is 0 Å². The highest BCUT2D eigenvalue weighted by molar-refractivity contribution is 6.57. The van der Waals surface area contributed by atoms with Crippen molar-refractivity contribution in [3.8, 4) is 0 Å². The third-order valence-corrected chi connectivity index (χ3v) is 5.46. The highest BCUT2D eigenvalue weighted by atomic mass is 28.3. The number of hydrogen-bond donors (Lipinski definition) is 0. The molecule has 2 fully saturated rings. The van der Waals surface area contributed by atoms with E-state index < -0.39 is 0 Å². The molecule has 2 rings (SSSR count). The molecule has 1 heterocycles. The lowest BCUT2D eigenvalue weighted by Crippen LogP contribution is -2.37. The van der Waals surface area contributed by atoms with Crippen LogP contribution < -0.4 is 0 Å². The third kappa shape index (κ3) is 1.90. The zero-order valence-electron chi connectivity index (χ0n) is 9.67. The first-order valence-electron chi connectivity index (χ1n) is 5.65. The lowest BCUT2D eigenvalue weighted by Gasteiger charge is -2.33. The van der Waals surface area contributed by atoms with E-state index in [2.05, 4.69) is 13.1 Å². The summed E-state index contributed by atoms with van der Waals surface area (Å²) in [5, 5.41) is 0. The van der Waals surface area contributed by atoms with Gasteiger partial charge in [-0.1, -0.05) is 25.9 Å². The quantitative estimate of drug-likeness (QED) is 0.624. The predicted octanol–water partition coefficient (Wildman–Crippen LogP) is 2.82. The molecule has 1 radical (unpaired) electrons. The average Bonchev–Trinajstić information content (AvgIpc) is 2.36. The van der Waals surface area contributed by atoms with Crippen LogP contribution in [0, 0.1) is 0 Å². The highest BCUT2D eigenvalue weighted by Gasteiger charge is 2.47. The Kier molecular flexibility index (Phi) is 2.75. The Morgan fingerprint density at radius 3 is 2.50 bits per heavy atom. The van der Waals surface area contributed by atoms with Crippen molar-refractivity contribution in [2.24, 2.45) is 0 Å². The van der Waals surface area contributed by atoms with E-state index in [-0.39, 0.29) is 14.6 Å². The fourth-order valence-electron chi connectivity index (χ4n) is 2.75. The molecule has 0 aromatic carbocycles. The van der Waals surface area contributed by atoms with Gasteiger partial charge in [-0.3, -0.25) is 0 Å². The maximum absolute atomic E-state index is 6.03. The van der Waals surface area contributed by atoms with E-state index in [1.807, 2.05) is 13.8 Å². The van der Waals surface area contributed by atoms with Gasteiger partial charge in [0.05, 0.1) is 12.2 Å². The van der Waals surface area contributed by atoms with Crippen molar-refractivity contribution < 1.29 is 9.47 Å². The van der Waals surface area contributed by atoms with E-state index in [0.29, 0.717) is 12.2 Å². The van der Waals surface area contributed by atoms with Crippen LogP contribution in [0.1, 0.15) is 33.1 Å². The topological polar surface area (TPSA) is 18.5 Å². The Hall–Kier alpha value is 0.137. The van der Waals surface area contributed by atoms with Gasteiger partial charge in [0, 0.05) is 8.80 Å². The summed E-state index contributed by atoms with van der Waals surface area (Å²) in [6.07, 6.45) is 4.63. The third-order valence-electron chi connectivity index (χ3n) is 3.36. The molecule has 1 aliphatic heterocycles. The largest absolute Gasteiger partial charge is 0.345 e. The van der Waals surface area contributed by atoms with Crippen molar-refractivity contribution in [2.45, 2.75) is 69.7 Å². The molecule has 81 valence electrons. The minimum absolute atomic E-state index is 0.243. The summed E-state index contributed by atoms with van der Waals surface area (Å²) in [5.41, 5.74) is 0.792. The summed E-state index contributed by atoms with van der Waals surface area (Å²) < 4.78 is 12.0. The molecule has 0 amide bonds. The summed E-state index contributed by atoms with van der Waals surface area (Å²) in [5.74, 6) is -0.338. The standard InChI is InChI=1S/C11H21O2Si/c1-11(2)12-8-6-5-7-9(14(3)4)10(8)13-11/h8-10H,5-7H2,1-4H3/t8-,9?,10-/m0/s1. The average molecular weight is 213 g/mol. The molecule has 1 aliphatic carbocycles. The smallest absolute Gasteiger partial charge is 0.163 e. The molecule has 1 saturated heterocycles. The van der Waals surface area contributed by atoms with Crippen LogP contribution in [0.5, 0.6) is 0 Å². The molecule has 0 aromatic rings. The molecule has 2 nitrogen and oxygen atoms in total. The van der Waals surface area contributed by atoms with E-state index in [1.54, 1.807) is 0 Å². The van der Waals surface area contributed by atoms with Crippen molar-refractivity contribution in [3.05, 3.63) is 0 Å². The minimum atomic E-state index is -0.338. The number of rotatable bonds is 1. The number of fused-ring (bicyclic) bond motifs is 1. The Bertz CT molecular complexity index is 215. The molecule has 14 heavy (non-hydrogen) atoms. The van der Waals surface area contributed by atoms with Crippen molar-refractivity contribution in [1.29, 1.82) is 0 Å². The van der Waals surface area contributed by atoms with Crippen LogP contribution in [0.2, 0.25) is 18.6 Å². The predicted molar refractivity (Wildman–Crippen MR) is 58.9 cm³/mol. The Labute approximate surface area is 88.6 Å². The maximum atomic E-state index is 6.03. The van der Waals surface area contributed by atoms with E-state index in [9.17, 15) is 0 Å². The van der Waals surface area contributed by atoms with E-state index in [4.69, 9.17) is 9.47 Å². The number of hydrogen-bond acceptors (Lipinski definition) is 2. The first-order valence-corrected chi connectivity index (χ1v) is 8.23. The highest BCUT2D eigenvalue weighted by Crippen LogP contribution is 2.43. The van der Waals surface area contributed by atoms with Crippen LogP contribution in [0.3, 0.4) is 0 Å². The lowest BCUT2D eigenvalue weighted by atomic mass is 9.94. The van der Waals surface area contributed by atoms with Crippen molar-refractivity contribution in [3.63, 3.8) is 0 Å². The summed E-state index contributed by atoms with van der Waals surface area (Å²) in [6.45, 7) is 8.87. The summed E-state index contributed by atoms with van der Waals surface area (Å²) >= 11 is 0. The summed E-state index contributed by atoms with van der Waals surface area (Å²) in [4.78, 5) is 0. The van der Waals surface area contributed by atoms with Crippen LogP contribution in [0.25, 0.3) is 0 Å². The van der Waals surface area contributed by atoms with Gasteiger partial charge in [-0.25, -0.2) is 0 Å². The molecule has 3 atom stereocenters. The second-order valence-corrected chi connectivity index (χ2v) is 8.15. The SMILES string of the molecule is C[Si](C)C1CCC[C@@H]2OC(C)(C)O[C@H]12. The zero-order chi connectivity index (χ0) is 10.3. The van der Waals surface area contributed by atoms with E-state index >= 15 is 0 Å². The fraction of sp³-hybridized carbons (Fsp3) is 1.00. The van der Waals surface area contributed by atoms with Crippen LogP contribution in [-0.4, -0.2) is 26.8 Å². The summed E-state index contributed by atoms with van der Waals surface area (Å²) in [7, 11) is -0.243. The Morgan fingerprint density at radius 2 is 1.86 bits per heavy atom. The fourth-order valence-corrected chi connectivity index (χ4v) is 4.47. The van der Waals surface area contributed by atoms with Crippen molar-refractivity contribution in [2.75, 3.05) is 0 Å². The molecule has 1 saturated carbocycles. The second-order valence-electron chi connectivity index (χ2n) is 5.25. The molecular weight excluding hydrogens is 192 g/mol. The van der Waals surface area contributed by atoms with Crippen molar-refractivity contribution in [1.82, 2.24) is 0 Å². The van der Waals surface area contributed by atoms with Gasteiger partial charge in [-0.2, -0.15) is 0 Å². The van der Waals surface area contributed by atoms with Gasteiger partial charge in [-0.15, -0.1) is 0 Å². The van der Waals surface area contributed by atoms with Crippen LogP contribution in [0.15, 0.2) is 0 Å². The van der Waals surface area contributed by atoms with E-state index in [0.717, 1.165) is 5.54 Å². The molecule has 0 N–H and O–H groups in total. The molecule has 0 spiro atoms. The molecule has 2 aliphatic rings. The first kappa shape index (κ1) is 10.6. The van der Waals surface area contributed by atoms with Gasteiger partial charge in [-0.05, 0) is 25.8 Å². The van der Waals surface area contributed by atoms with Gasteiger partial charge >= 0.3 is 0 Å². The van der Waals surface area contributed by atoms with Gasteiger partial charge in [0.2, 0.25) is 0 Å². The van der Waals surface area contributed by atoms with E-state index in [1.165, 1.54) is 19.3 Å². The molecule has 0 bridgehead atoms. The van der Waals surface area contributed by atoms with Gasteiger partial charge in [0.15, 0.2) is 5.79 Å². The second kappa shape index (κ2) is 3.61. The monoisotopic (exact) mass is 213 g/mol. The molecular formula is C11H21O2Si. The normalized spacial score (nSPS) is 41.4. The van der Waals surface area contributed by atoms with Crippen molar-refractivity contribution >= 4 is 8.80 Å². The van der Waals surface area contributed by atoms with Crippen LogP contribution >= 0.6 is 0 Å². The minimum Gasteiger partial charge on any atom is -0.345 e. The number of ether oxygens (including phenoxy) is 2. The van der Waals surface area contributed by atoms with Crippen LogP contribution in [0.4, 0.5) is 0 Å². The molecule has 0 aromatic heterocycles. The zero-order valence-corrected chi connectivity index (χ0v) is 10.7. The lowest BCUT2D eigenvalue weighted by molar-refractivity contribution is -0.145. The molecule has 3 heteroatoms.